The van der Waals surface area contributed by atoms with Crippen LogP contribution >= 0.6 is 0 Å². The highest BCUT2D eigenvalue weighted by atomic mass is 19.2. The maximum absolute atomic E-state index is 13.0. The molecule has 4 heteroatoms. The van der Waals surface area contributed by atoms with Gasteiger partial charge in [0.15, 0.2) is 17.4 Å². The summed E-state index contributed by atoms with van der Waals surface area (Å²) in [7, 11) is 0. The highest BCUT2D eigenvalue weighted by Gasteiger charge is 2.30. The van der Waals surface area contributed by atoms with Gasteiger partial charge < -0.3 is 4.74 Å². The lowest BCUT2D eigenvalue weighted by Gasteiger charge is -2.19. The smallest absolute Gasteiger partial charge is 0.167 e. The number of hydrogen-bond donors (Lipinski definition) is 0. The van der Waals surface area contributed by atoms with E-state index in [0.717, 1.165) is 12.1 Å². The van der Waals surface area contributed by atoms with Crippen molar-refractivity contribution in [1.82, 2.24) is 0 Å². The number of ketones is 1. The number of halogens is 2. The van der Waals surface area contributed by atoms with Crippen LogP contribution in [0.3, 0.4) is 0 Å². The zero-order valence-electron chi connectivity index (χ0n) is 9.14. The fourth-order valence-corrected chi connectivity index (χ4v) is 1.72. The third-order valence-corrected chi connectivity index (χ3v) is 2.58. The highest BCUT2D eigenvalue weighted by molar-refractivity contribution is 5.99. The molecule has 0 unspecified atom stereocenters. The van der Waals surface area contributed by atoms with E-state index < -0.39 is 11.6 Å². The van der Waals surface area contributed by atoms with E-state index >= 15 is 0 Å². The molecule has 2 rings (SSSR count). The quantitative estimate of drug-likeness (QED) is 0.679. The molecule has 16 heavy (non-hydrogen) atoms. The molecule has 1 aromatic carbocycles. The van der Waals surface area contributed by atoms with Crippen molar-refractivity contribution in [2.24, 2.45) is 5.41 Å². The van der Waals surface area contributed by atoms with Gasteiger partial charge in [0.25, 0.3) is 0 Å². The van der Waals surface area contributed by atoms with Crippen LogP contribution in [0, 0.1) is 17.0 Å². The molecule has 1 aromatic rings. The second-order valence-corrected chi connectivity index (χ2v) is 4.82. The second kappa shape index (κ2) is 3.54. The lowest BCUT2D eigenvalue weighted by molar-refractivity contribution is 0.0917. The Hall–Kier alpha value is -1.45. The van der Waals surface area contributed by atoms with Crippen molar-refractivity contribution in [3.8, 4) is 5.75 Å². The van der Waals surface area contributed by atoms with E-state index in [1.807, 2.05) is 13.8 Å². The highest BCUT2D eigenvalue weighted by Crippen LogP contribution is 2.33. The average molecular weight is 226 g/mol. The van der Waals surface area contributed by atoms with Crippen LogP contribution in [-0.4, -0.2) is 12.4 Å². The van der Waals surface area contributed by atoms with Crippen molar-refractivity contribution in [3.63, 3.8) is 0 Å². The van der Waals surface area contributed by atoms with Crippen LogP contribution in [0.5, 0.6) is 5.75 Å². The summed E-state index contributed by atoms with van der Waals surface area (Å²) < 4.78 is 31.4. The summed E-state index contributed by atoms with van der Waals surface area (Å²) in [6.07, 6.45) is 0.269. The molecular formula is C12H12F2O2. The maximum Gasteiger partial charge on any atom is 0.167 e. The molecule has 2 nitrogen and oxygen atoms in total. The Morgan fingerprint density at radius 1 is 1.25 bits per heavy atom. The van der Waals surface area contributed by atoms with E-state index in [2.05, 4.69) is 0 Å². The molecule has 1 aliphatic heterocycles. The third kappa shape index (κ3) is 1.92. The Bertz CT molecular complexity index is 453. The van der Waals surface area contributed by atoms with E-state index in [1.165, 1.54) is 0 Å². The van der Waals surface area contributed by atoms with Gasteiger partial charge in [-0.2, -0.15) is 0 Å². The fraction of sp³-hybridized carbons (Fsp3) is 0.417. The van der Waals surface area contributed by atoms with Crippen LogP contribution in [0.4, 0.5) is 8.78 Å². The van der Waals surface area contributed by atoms with Gasteiger partial charge in [0.05, 0.1) is 12.2 Å². The lowest BCUT2D eigenvalue weighted by Crippen LogP contribution is -2.21. The van der Waals surface area contributed by atoms with Crippen molar-refractivity contribution in [1.29, 1.82) is 0 Å². The molecule has 0 radical (unpaired) electrons. The zero-order chi connectivity index (χ0) is 11.9. The van der Waals surface area contributed by atoms with E-state index in [0.29, 0.717) is 6.61 Å². The summed E-state index contributed by atoms with van der Waals surface area (Å²) in [5.41, 5.74) is -0.187. The molecule has 0 aromatic heterocycles. The van der Waals surface area contributed by atoms with Crippen LogP contribution in [-0.2, 0) is 0 Å². The Morgan fingerprint density at radius 2 is 1.88 bits per heavy atom. The molecule has 1 aliphatic rings. The van der Waals surface area contributed by atoms with Crippen molar-refractivity contribution in [2.75, 3.05) is 6.61 Å². The van der Waals surface area contributed by atoms with Crippen molar-refractivity contribution in [2.45, 2.75) is 20.3 Å². The molecule has 86 valence electrons. The molecule has 0 atom stereocenters. The summed E-state index contributed by atoms with van der Waals surface area (Å²) in [6, 6.07) is 1.85. The Morgan fingerprint density at radius 3 is 2.56 bits per heavy atom. The Kier molecular flexibility index (Phi) is 2.45. The first kappa shape index (κ1) is 11.0. The van der Waals surface area contributed by atoms with E-state index in [9.17, 15) is 13.6 Å². The van der Waals surface area contributed by atoms with Crippen molar-refractivity contribution < 1.29 is 18.3 Å². The van der Waals surface area contributed by atoms with Gasteiger partial charge in [0, 0.05) is 17.9 Å². The first-order chi connectivity index (χ1) is 7.39. The first-order valence-corrected chi connectivity index (χ1v) is 5.04. The number of fused-ring (bicyclic) bond motifs is 1. The van der Waals surface area contributed by atoms with Gasteiger partial charge >= 0.3 is 0 Å². The SMILES string of the molecule is CC1(C)COc2cc(F)c(F)cc2C(=O)C1. The molecule has 0 bridgehead atoms. The van der Waals surface area contributed by atoms with Crippen LogP contribution < -0.4 is 4.74 Å². The number of ether oxygens (including phenoxy) is 1. The molecule has 0 amide bonds. The van der Waals surface area contributed by atoms with Crippen LogP contribution in [0.25, 0.3) is 0 Å². The van der Waals surface area contributed by atoms with Gasteiger partial charge in [-0.05, 0) is 6.07 Å². The number of hydrogen-bond acceptors (Lipinski definition) is 2. The molecule has 0 saturated carbocycles. The maximum atomic E-state index is 13.0. The molecule has 0 spiro atoms. The predicted molar refractivity (Wildman–Crippen MR) is 54.6 cm³/mol. The van der Waals surface area contributed by atoms with Crippen LogP contribution in [0.2, 0.25) is 0 Å². The average Bonchev–Trinajstić information content (AvgIpc) is 2.27. The largest absolute Gasteiger partial charge is 0.492 e. The lowest BCUT2D eigenvalue weighted by atomic mass is 9.87. The molecule has 1 heterocycles. The summed E-state index contributed by atoms with van der Waals surface area (Å²) in [6.45, 7) is 4.07. The van der Waals surface area contributed by atoms with Crippen LogP contribution in [0.1, 0.15) is 30.6 Å². The van der Waals surface area contributed by atoms with Crippen molar-refractivity contribution >= 4 is 5.78 Å². The minimum atomic E-state index is -1.02. The van der Waals surface area contributed by atoms with Gasteiger partial charge in [0.1, 0.15) is 5.75 Å². The van der Waals surface area contributed by atoms with E-state index in [1.54, 1.807) is 0 Å². The summed E-state index contributed by atoms with van der Waals surface area (Å²) in [5.74, 6) is -2.09. The van der Waals surface area contributed by atoms with E-state index in [-0.39, 0.29) is 28.9 Å². The van der Waals surface area contributed by atoms with E-state index in [4.69, 9.17) is 4.74 Å². The monoisotopic (exact) mass is 226 g/mol. The van der Waals surface area contributed by atoms with Gasteiger partial charge in [-0.3, -0.25) is 4.79 Å². The number of carbonyl (C=O) groups is 1. The van der Waals surface area contributed by atoms with Crippen LogP contribution in [0.15, 0.2) is 12.1 Å². The zero-order valence-corrected chi connectivity index (χ0v) is 9.14. The van der Waals surface area contributed by atoms with Crippen molar-refractivity contribution in [3.05, 3.63) is 29.3 Å². The summed E-state index contributed by atoms with van der Waals surface area (Å²) in [4.78, 5) is 11.8. The summed E-state index contributed by atoms with van der Waals surface area (Å²) in [5, 5.41) is 0. The number of rotatable bonds is 0. The topological polar surface area (TPSA) is 26.3 Å². The molecule has 0 aliphatic carbocycles. The van der Waals surface area contributed by atoms with Gasteiger partial charge in [0.2, 0.25) is 0 Å². The normalized spacial score (nSPS) is 18.6. The number of carbonyl (C=O) groups excluding carboxylic acids is 1. The standard InChI is InChI=1S/C12H12F2O2/c1-12(2)5-10(15)7-3-8(13)9(14)4-11(7)16-6-12/h3-4H,5-6H2,1-2H3. The Balaban J connectivity index is 2.49. The second-order valence-electron chi connectivity index (χ2n) is 4.82. The number of Topliss-reactive ketones (excluding diaryl/α,β-unsaturated/α-hetero) is 1. The van der Waals surface area contributed by atoms with Gasteiger partial charge in [-0.15, -0.1) is 0 Å². The molecule has 0 saturated heterocycles. The molecule has 0 fully saturated rings. The Labute approximate surface area is 92.2 Å². The van der Waals surface area contributed by atoms with Gasteiger partial charge in [-0.25, -0.2) is 8.78 Å². The third-order valence-electron chi connectivity index (χ3n) is 2.58. The summed E-state index contributed by atoms with van der Waals surface area (Å²) >= 11 is 0. The molecule has 0 N–H and O–H groups in total. The fourth-order valence-electron chi connectivity index (χ4n) is 1.72. The first-order valence-electron chi connectivity index (χ1n) is 5.04. The van der Waals surface area contributed by atoms with Gasteiger partial charge in [-0.1, -0.05) is 13.8 Å². The molecular weight excluding hydrogens is 214 g/mol. The minimum absolute atomic E-state index is 0.129. The predicted octanol–water partition coefficient (Wildman–Crippen LogP) is 2.96. The minimum Gasteiger partial charge on any atom is -0.492 e. The number of benzene rings is 1.